The zero-order valence-corrected chi connectivity index (χ0v) is 19.4. The number of hydrogen-bond donors (Lipinski definition) is 0. The van der Waals surface area contributed by atoms with Gasteiger partial charge in [0.05, 0.1) is 28.4 Å². The Balaban J connectivity index is 1.28. The molecular formula is C26H23N3O7. The van der Waals surface area contributed by atoms with Crippen LogP contribution in [-0.4, -0.2) is 35.2 Å². The summed E-state index contributed by atoms with van der Waals surface area (Å²) in [6, 6.07) is 11.8. The van der Waals surface area contributed by atoms with Crippen molar-refractivity contribution in [1.29, 1.82) is 0 Å². The highest BCUT2D eigenvalue weighted by atomic mass is 16.6. The highest BCUT2D eigenvalue weighted by molar-refractivity contribution is 6.22. The molecule has 0 saturated carbocycles. The first kappa shape index (κ1) is 23.4. The number of rotatable bonds is 5. The first-order valence-electron chi connectivity index (χ1n) is 11.7. The molecule has 2 fully saturated rings. The molecule has 2 aromatic carbocycles. The van der Waals surface area contributed by atoms with E-state index >= 15 is 0 Å². The van der Waals surface area contributed by atoms with E-state index in [-0.39, 0.29) is 48.0 Å². The topological polar surface area (TPSA) is 127 Å². The lowest BCUT2D eigenvalue weighted by molar-refractivity contribution is -0.384. The minimum absolute atomic E-state index is 0.0372. The number of imide groups is 1. The van der Waals surface area contributed by atoms with E-state index in [9.17, 15) is 29.3 Å². The number of carbonyl (C=O) groups is 4. The molecule has 2 saturated heterocycles. The van der Waals surface area contributed by atoms with Crippen LogP contribution < -0.4 is 14.5 Å². The van der Waals surface area contributed by atoms with Crippen molar-refractivity contribution in [3.8, 4) is 5.75 Å². The summed E-state index contributed by atoms with van der Waals surface area (Å²) in [7, 11) is 0. The van der Waals surface area contributed by atoms with E-state index in [1.54, 1.807) is 18.2 Å². The largest absolute Gasteiger partial charge is 0.426 e. The number of benzene rings is 2. The molecule has 2 aromatic rings. The summed E-state index contributed by atoms with van der Waals surface area (Å²) in [6.07, 6.45) is 4.34. The van der Waals surface area contributed by atoms with Gasteiger partial charge < -0.3 is 9.64 Å². The maximum Gasteiger partial charge on any atom is 0.316 e. The average Bonchev–Trinajstić information content (AvgIpc) is 3.37. The molecule has 10 nitrogen and oxygen atoms in total. The number of nitro benzene ring substituents is 1. The third-order valence-corrected chi connectivity index (χ3v) is 7.00. The summed E-state index contributed by atoms with van der Waals surface area (Å²) >= 11 is 0. The van der Waals surface area contributed by atoms with Gasteiger partial charge in [-0.05, 0) is 36.6 Å². The number of carbonyl (C=O) groups excluding carboxylic acids is 4. The smallest absolute Gasteiger partial charge is 0.316 e. The number of anilines is 2. The van der Waals surface area contributed by atoms with Gasteiger partial charge in [0.25, 0.3) is 5.69 Å². The summed E-state index contributed by atoms with van der Waals surface area (Å²) in [5.74, 6) is -2.82. The number of ether oxygens (including phenoxy) is 1. The normalized spacial score (nSPS) is 25.3. The molecule has 184 valence electrons. The molecule has 5 rings (SSSR count). The summed E-state index contributed by atoms with van der Waals surface area (Å²) in [5, 5.41) is 10.9. The van der Waals surface area contributed by atoms with E-state index in [4.69, 9.17) is 4.74 Å². The highest BCUT2D eigenvalue weighted by Crippen LogP contribution is 2.41. The molecule has 2 heterocycles. The fourth-order valence-corrected chi connectivity index (χ4v) is 5.16. The van der Waals surface area contributed by atoms with Gasteiger partial charge in [-0.15, -0.1) is 0 Å². The van der Waals surface area contributed by atoms with Gasteiger partial charge in [-0.3, -0.25) is 29.3 Å². The summed E-state index contributed by atoms with van der Waals surface area (Å²) in [4.78, 5) is 64.3. The van der Waals surface area contributed by atoms with Crippen molar-refractivity contribution >= 4 is 40.8 Å². The quantitative estimate of drug-likeness (QED) is 0.158. The van der Waals surface area contributed by atoms with Crippen molar-refractivity contribution in [2.24, 2.45) is 23.7 Å². The van der Waals surface area contributed by atoms with Crippen LogP contribution in [-0.2, 0) is 19.2 Å². The van der Waals surface area contributed by atoms with Gasteiger partial charge in [-0.1, -0.05) is 25.1 Å². The lowest BCUT2D eigenvalue weighted by Crippen LogP contribution is -2.31. The van der Waals surface area contributed by atoms with E-state index in [2.05, 4.69) is 0 Å². The van der Waals surface area contributed by atoms with Crippen molar-refractivity contribution in [3.05, 3.63) is 70.8 Å². The predicted octanol–water partition coefficient (Wildman–Crippen LogP) is 3.25. The lowest BCUT2D eigenvalue weighted by atomic mass is 9.78. The Morgan fingerprint density at radius 3 is 2.50 bits per heavy atom. The molecule has 0 bridgehead atoms. The van der Waals surface area contributed by atoms with Gasteiger partial charge in [0.1, 0.15) is 5.75 Å². The number of fused-ring (bicyclic) bond motifs is 1. The zero-order valence-electron chi connectivity index (χ0n) is 19.4. The molecule has 0 aromatic heterocycles. The molecule has 4 atom stereocenters. The molecule has 0 N–H and O–H groups in total. The van der Waals surface area contributed by atoms with Crippen molar-refractivity contribution in [2.75, 3.05) is 16.3 Å². The fourth-order valence-electron chi connectivity index (χ4n) is 5.16. The molecule has 36 heavy (non-hydrogen) atoms. The van der Waals surface area contributed by atoms with Crippen LogP contribution in [0.15, 0.2) is 60.7 Å². The van der Waals surface area contributed by atoms with Crippen LogP contribution in [0.4, 0.5) is 17.1 Å². The molecular weight excluding hydrogens is 466 g/mol. The Bertz CT molecular complexity index is 1300. The number of nitro groups is 1. The number of allylic oxidation sites excluding steroid dienone is 2. The SMILES string of the molecule is C[C@@H]1C=CC[C@@H]2C(=O)N(c3cccc(OC(=O)[C@H]4CC(=O)N(c5ccc([N+](=O)[O-])cc5)C4)c3)C(=O)[C@@H]12. The molecule has 3 aliphatic rings. The Hall–Kier alpha value is -4.34. The van der Waals surface area contributed by atoms with Crippen LogP contribution in [0.2, 0.25) is 0 Å². The first-order valence-corrected chi connectivity index (χ1v) is 11.7. The molecule has 0 spiro atoms. The molecule has 10 heteroatoms. The minimum Gasteiger partial charge on any atom is -0.426 e. The number of esters is 1. The summed E-state index contributed by atoms with van der Waals surface area (Å²) < 4.78 is 5.52. The third kappa shape index (κ3) is 4.04. The Kier molecular flexibility index (Phi) is 5.87. The Morgan fingerprint density at radius 1 is 1.06 bits per heavy atom. The highest BCUT2D eigenvalue weighted by Gasteiger charge is 2.50. The number of amides is 3. The van der Waals surface area contributed by atoms with Crippen LogP contribution >= 0.6 is 0 Å². The molecule has 0 radical (unpaired) electrons. The standard InChI is InChI=1S/C26H23N3O7/c1-15-4-2-7-21-23(15)25(32)28(24(21)31)19-5-3-6-20(13-19)36-26(33)16-12-22(30)27(14-16)17-8-10-18(11-9-17)29(34)35/h2-6,8-11,13,15-16,21,23H,7,12,14H2,1H3/t15-,16+,21+,23+/m1/s1. The minimum atomic E-state index is -0.735. The van der Waals surface area contributed by atoms with Crippen molar-refractivity contribution in [1.82, 2.24) is 0 Å². The molecule has 0 unspecified atom stereocenters. The van der Waals surface area contributed by atoms with Crippen LogP contribution in [0.5, 0.6) is 5.75 Å². The first-order chi connectivity index (χ1) is 17.2. The van der Waals surface area contributed by atoms with E-state index < -0.39 is 28.6 Å². The Labute approximate surface area is 206 Å². The number of non-ortho nitro benzene ring substituents is 1. The van der Waals surface area contributed by atoms with E-state index in [1.165, 1.54) is 40.1 Å². The second-order valence-corrected chi connectivity index (χ2v) is 9.26. The van der Waals surface area contributed by atoms with Crippen LogP contribution in [0.25, 0.3) is 0 Å². The lowest BCUT2D eigenvalue weighted by Gasteiger charge is -2.22. The van der Waals surface area contributed by atoms with Gasteiger partial charge in [-0.2, -0.15) is 0 Å². The van der Waals surface area contributed by atoms with Gasteiger partial charge in [-0.25, -0.2) is 4.90 Å². The second-order valence-electron chi connectivity index (χ2n) is 9.26. The third-order valence-electron chi connectivity index (χ3n) is 7.00. The fraction of sp³-hybridized carbons (Fsp3) is 0.308. The van der Waals surface area contributed by atoms with Crippen molar-refractivity contribution < 1.29 is 28.8 Å². The molecule has 1 aliphatic carbocycles. The average molecular weight is 489 g/mol. The summed E-state index contributed by atoms with van der Waals surface area (Å²) in [6.45, 7) is 2.00. The van der Waals surface area contributed by atoms with E-state index in [0.717, 1.165) is 0 Å². The van der Waals surface area contributed by atoms with Gasteiger partial charge in [0, 0.05) is 36.9 Å². The Morgan fingerprint density at radius 2 is 1.81 bits per heavy atom. The van der Waals surface area contributed by atoms with Gasteiger partial charge >= 0.3 is 5.97 Å². The van der Waals surface area contributed by atoms with Crippen LogP contribution in [0.3, 0.4) is 0 Å². The van der Waals surface area contributed by atoms with E-state index in [0.29, 0.717) is 17.8 Å². The van der Waals surface area contributed by atoms with Crippen LogP contribution in [0.1, 0.15) is 19.8 Å². The molecule has 2 aliphatic heterocycles. The second kappa shape index (κ2) is 9.03. The van der Waals surface area contributed by atoms with Gasteiger partial charge in [0.2, 0.25) is 17.7 Å². The van der Waals surface area contributed by atoms with Crippen LogP contribution in [0, 0.1) is 33.8 Å². The number of hydrogen-bond acceptors (Lipinski definition) is 7. The van der Waals surface area contributed by atoms with Crippen molar-refractivity contribution in [2.45, 2.75) is 19.8 Å². The van der Waals surface area contributed by atoms with E-state index in [1.807, 2.05) is 19.1 Å². The van der Waals surface area contributed by atoms with Gasteiger partial charge in [0.15, 0.2) is 0 Å². The summed E-state index contributed by atoms with van der Waals surface area (Å²) in [5.41, 5.74) is 0.701. The van der Waals surface area contributed by atoms with Crippen molar-refractivity contribution in [3.63, 3.8) is 0 Å². The molecule has 3 amide bonds. The zero-order chi connectivity index (χ0) is 25.6. The predicted molar refractivity (Wildman–Crippen MR) is 128 cm³/mol. The maximum absolute atomic E-state index is 13.1. The maximum atomic E-state index is 13.1. The number of nitrogens with zero attached hydrogens (tertiary/aromatic N) is 3. The monoisotopic (exact) mass is 489 g/mol.